The summed E-state index contributed by atoms with van der Waals surface area (Å²) < 4.78 is 17.3. The lowest BCUT2D eigenvalue weighted by molar-refractivity contribution is -0.146. The summed E-state index contributed by atoms with van der Waals surface area (Å²) in [7, 11) is -1.13. The van der Waals surface area contributed by atoms with Crippen LogP contribution in [-0.4, -0.2) is 26.1 Å². The molecule has 0 saturated heterocycles. The first-order valence-corrected chi connectivity index (χ1v) is 14.3. The molecular weight excluding hydrogens is 460 g/mol. The van der Waals surface area contributed by atoms with E-state index < -0.39 is 26.7 Å². The van der Waals surface area contributed by atoms with Crippen LogP contribution in [0.2, 0.25) is 12.1 Å². The van der Waals surface area contributed by atoms with Crippen molar-refractivity contribution in [3.05, 3.63) is 65.4 Å². The van der Waals surface area contributed by atoms with Gasteiger partial charge in [-0.25, -0.2) is 4.79 Å². The van der Waals surface area contributed by atoms with Crippen molar-refractivity contribution >= 4 is 27.1 Å². The van der Waals surface area contributed by atoms with Gasteiger partial charge in [0.15, 0.2) is 0 Å². The molecule has 0 bridgehead atoms. The first-order chi connectivity index (χ1) is 16.8. The molecule has 0 aliphatic carbocycles. The quantitative estimate of drug-likeness (QED) is 0.123. The normalized spacial score (nSPS) is 11.5. The molecule has 35 heavy (non-hydrogen) atoms. The monoisotopic (exact) mass is 497 g/mol. The second kappa shape index (κ2) is 15.0. The topological polar surface area (TPSA) is 82.1 Å². The van der Waals surface area contributed by atoms with Gasteiger partial charge in [0.05, 0.1) is 0 Å². The Morgan fingerprint density at radius 3 is 2.26 bits per heavy atom. The molecule has 0 unspecified atom stereocenters. The maximum Gasteiger partial charge on any atom is 0.371 e. The van der Waals surface area contributed by atoms with Gasteiger partial charge in [0, 0.05) is 12.5 Å². The first-order valence-electron chi connectivity index (χ1n) is 12.3. The van der Waals surface area contributed by atoms with Gasteiger partial charge < -0.3 is 19.0 Å². The Kier molecular flexibility index (Phi) is 12.1. The molecule has 0 saturated carbocycles. The number of rotatable bonds is 15. The van der Waals surface area contributed by atoms with Crippen molar-refractivity contribution in [3.63, 3.8) is 0 Å². The second-order valence-corrected chi connectivity index (χ2v) is 10.8. The fourth-order valence-corrected chi connectivity index (χ4v) is 5.61. The van der Waals surface area contributed by atoms with Gasteiger partial charge in [-0.15, -0.1) is 0 Å². The van der Waals surface area contributed by atoms with E-state index in [0.29, 0.717) is 29.2 Å². The molecule has 2 aromatic carbocycles. The van der Waals surface area contributed by atoms with E-state index in [1.807, 2.05) is 36.4 Å². The number of ether oxygens (including phenoxy) is 2. The number of unbranched alkanes of at least 4 members (excludes halogenated alkanes) is 2. The molecule has 1 N–H and O–H groups in total. The second-order valence-electron chi connectivity index (χ2n) is 8.58. The summed E-state index contributed by atoms with van der Waals surface area (Å²) in [5.41, 5.74) is 2.00. The highest BCUT2D eigenvalue weighted by Crippen LogP contribution is 2.31. The highest BCUT2D eigenvalue weighted by molar-refractivity contribution is 6.52. The van der Waals surface area contributed by atoms with Crippen LogP contribution in [-0.2, 0) is 20.9 Å². The molecule has 0 atom stereocenters. The average molecular weight is 498 g/mol. The van der Waals surface area contributed by atoms with E-state index in [4.69, 9.17) is 13.9 Å². The number of carbonyl (C=O) groups is 2. The van der Waals surface area contributed by atoms with Crippen molar-refractivity contribution in [1.82, 2.24) is 0 Å². The zero-order valence-electron chi connectivity index (χ0n) is 21.2. The summed E-state index contributed by atoms with van der Waals surface area (Å²) in [6.45, 7) is 8.08. The standard InChI is InChI=1S/C28H37O6Si/c1-5-7-14-25(15-8-6-2)35(4)34-24-16-17-26(32-20-22-12-10-9-11-13-22)23(18-24)19-27(28(30)31)33-21(3)29/h9-13,16-19,25H,5-8,14-15,20H2,1-4H3,(H,30,31). The van der Waals surface area contributed by atoms with Crippen LogP contribution in [0.25, 0.3) is 6.08 Å². The first kappa shape index (κ1) is 28.2. The molecule has 0 spiro atoms. The molecule has 0 aromatic heterocycles. The van der Waals surface area contributed by atoms with Crippen LogP contribution < -0.4 is 9.16 Å². The Balaban J connectivity index is 2.32. The summed E-state index contributed by atoms with van der Waals surface area (Å²) in [6.07, 6.45) is 8.31. The van der Waals surface area contributed by atoms with Crippen molar-refractivity contribution in [3.8, 4) is 11.5 Å². The molecule has 2 aromatic rings. The Morgan fingerprint density at radius 1 is 1.03 bits per heavy atom. The minimum Gasteiger partial charge on any atom is -0.542 e. The third-order valence-corrected chi connectivity index (χ3v) is 7.92. The van der Waals surface area contributed by atoms with Gasteiger partial charge in [-0.3, -0.25) is 4.79 Å². The van der Waals surface area contributed by atoms with Crippen molar-refractivity contribution in [2.75, 3.05) is 0 Å². The van der Waals surface area contributed by atoms with E-state index >= 15 is 0 Å². The molecular formula is C28H37O6Si. The van der Waals surface area contributed by atoms with Gasteiger partial charge in [-0.2, -0.15) is 0 Å². The summed E-state index contributed by atoms with van der Waals surface area (Å²) >= 11 is 0. The van der Waals surface area contributed by atoms with Crippen LogP contribution in [0.4, 0.5) is 0 Å². The fraction of sp³-hybridized carbons (Fsp3) is 0.429. The summed E-state index contributed by atoms with van der Waals surface area (Å²) in [4.78, 5) is 23.1. The maximum absolute atomic E-state index is 11.7. The molecule has 189 valence electrons. The molecule has 6 nitrogen and oxygen atoms in total. The lowest BCUT2D eigenvalue weighted by Gasteiger charge is -2.23. The summed E-state index contributed by atoms with van der Waals surface area (Å²) in [5.74, 6) is -1.37. The van der Waals surface area contributed by atoms with Gasteiger partial charge in [0.1, 0.15) is 18.1 Å². The third-order valence-electron chi connectivity index (χ3n) is 5.64. The van der Waals surface area contributed by atoms with E-state index in [2.05, 4.69) is 20.4 Å². The number of benzene rings is 2. The predicted molar refractivity (Wildman–Crippen MR) is 140 cm³/mol. The third kappa shape index (κ3) is 9.98. The maximum atomic E-state index is 11.7. The summed E-state index contributed by atoms with van der Waals surface area (Å²) in [6, 6.07) is 15.1. The molecule has 0 aliphatic heterocycles. The summed E-state index contributed by atoms with van der Waals surface area (Å²) in [5, 5.41) is 9.52. The van der Waals surface area contributed by atoms with Crippen molar-refractivity contribution in [2.45, 2.75) is 78.0 Å². The van der Waals surface area contributed by atoms with E-state index in [9.17, 15) is 14.7 Å². The van der Waals surface area contributed by atoms with E-state index in [-0.39, 0.29) is 0 Å². The van der Waals surface area contributed by atoms with Crippen molar-refractivity contribution < 1.29 is 28.6 Å². The number of esters is 1. The Morgan fingerprint density at radius 2 is 1.69 bits per heavy atom. The predicted octanol–water partition coefficient (Wildman–Crippen LogP) is 7.00. The molecule has 0 aliphatic rings. The number of carboxylic acid groups (broad SMARTS) is 1. The molecule has 1 radical (unpaired) electrons. The van der Waals surface area contributed by atoms with Gasteiger partial charge >= 0.3 is 11.9 Å². The highest BCUT2D eigenvalue weighted by Gasteiger charge is 2.23. The number of hydrogen-bond acceptors (Lipinski definition) is 5. The molecule has 7 heteroatoms. The van der Waals surface area contributed by atoms with Crippen LogP contribution in [0.15, 0.2) is 54.3 Å². The number of aliphatic carboxylic acids is 1. The minimum absolute atomic E-state index is 0.316. The van der Waals surface area contributed by atoms with E-state index in [1.54, 1.807) is 12.1 Å². The number of carbonyl (C=O) groups excluding carboxylic acids is 1. The minimum atomic E-state index is -1.33. The lowest BCUT2D eigenvalue weighted by Crippen LogP contribution is -2.25. The molecule has 2 rings (SSSR count). The van der Waals surface area contributed by atoms with Gasteiger partial charge in [0.25, 0.3) is 9.04 Å². The Bertz CT molecular complexity index is 965. The van der Waals surface area contributed by atoms with E-state index in [0.717, 1.165) is 31.2 Å². The zero-order chi connectivity index (χ0) is 25.6. The number of hydrogen-bond donors (Lipinski definition) is 1. The number of carboxylic acids is 1. The highest BCUT2D eigenvalue weighted by atomic mass is 28.3. The average Bonchev–Trinajstić information content (AvgIpc) is 2.83. The Labute approximate surface area is 210 Å². The van der Waals surface area contributed by atoms with Crippen LogP contribution in [0.3, 0.4) is 0 Å². The van der Waals surface area contributed by atoms with Gasteiger partial charge in [-0.1, -0.05) is 69.9 Å². The van der Waals surface area contributed by atoms with Crippen LogP contribution >= 0.6 is 0 Å². The molecule has 0 amide bonds. The zero-order valence-corrected chi connectivity index (χ0v) is 22.2. The van der Waals surface area contributed by atoms with Gasteiger partial charge in [0.2, 0.25) is 5.76 Å². The van der Waals surface area contributed by atoms with E-state index in [1.165, 1.54) is 25.8 Å². The van der Waals surface area contributed by atoms with Crippen LogP contribution in [0, 0.1) is 0 Å². The lowest BCUT2D eigenvalue weighted by atomic mass is 10.1. The molecule has 0 fully saturated rings. The van der Waals surface area contributed by atoms with Crippen molar-refractivity contribution in [2.24, 2.45) is 0 Å². The van der Waals surface area contributed by atoms with Crippen LogP contribution in [0.5, 0.6) is 11.5 Å². The van der Waals surface area contributed by atoms with Gasteiger partial charge in [-0.05, 0) is 54.8 Å². The Hall–Kier alpha value is -3.06. The SMILES string of the molecule is CCCCC(CCCC)[Si](C)Oc1ccc(OCc2ccccc2)c(C=C(OC(C)=O)C(=O)O)c1. The smallest absolute Gasteiger partial charge is 0.371 e. The van der Waals surface area contributed by atoms with Crippen LogP contribution in [0.1, 0.15) is 70.4 Å². The fourth-order valence-electron chi connectivity index (χ4n) is 3.72. The molecule has 0 heterocycles. The largest absolute Gasteiger partial charge is 0.542 e. The van der Waals surface area contributed by atoms with Crippen molar-refractivity contribution in [1.29, 1.82) is 0 Å².